The van der Waals surface area contributed by atoms with Crippen molar-refractivity contribution in [3.8, 4) is 11.8 Å². The van der Waals surface area contributed by atoms with Crippen molar-refractivity contribution in [3.63, 3.8) is 0 Å². The summed E-state index contributed by atoms with van der Waals surface area (Å²) in [6.45, 7) is 1.14. The van der Waals surface area contributed by atoms with E-state index < -0.39 is 107 Å². The molecule has 0 bridgehead atoms. The molecule has 4 aromatic rings. The first kappa shape index (κ1) is 61.6. The van der Waals surface area contributed by atoms with Gasteiger partial charge in [-0.15, -0.1) is 0 Å². The Morgan fingerprint density at radius 1 is 0.916 bits per heavy atom. The van der Waals surface area contributed by atoms with E-state index in [1.807, 2.05) is 36.4 Å². The Kier molecular flexibility index (Phi) is 20.3. The van der Waals surface area contributed by atoms with Gasteiger partial charge in [0.2, 0.25) is 35.4 Å². The van der Waals surface area contributed by atoms with Crippen molar-refractivity contribution in [1.29, 1.82) is 0 Å². The Morgan fingerprint density at radius 2 is 1.65 bits per heavy atom. The Labute approximate surface area is 477 Å². The van der Waals surface area contributed by atoms with Crippen LogP contribution in [0.2, 0.25) is 0 Å². The highest BCUT2D eigenvalue weighted by Crippen LogP contribution is 2.59. The number of nitrogens with zero attached hydrogens (tertiary/aromatic N) is 3. The largest absolute Gasteiger partial charge is 0.399 e. The summed E-state index contributed by atoms with van der Waals surface area (Å²) in [5.41, 5.74) is 1.64. The normalized spacial score (nSPS) is 20.1. The number of piperidine rings is 1. The van der Waals surface area contributed by atoms with Crippen LogP contribution in [0.25, 0.3) is 10.9 Å². The van der Waals surface area contributed by atoms with E-state index in [0.29, 0.717) is 56.5 Å². The number of aromatic amines is 1. The third kappa shape index (κ3) is 14.9. The lowest BCUT2D eigenvalue weighted by Crippen LogP contribution is -2.61. The van der Waals surface area contributed by atoms with E-state index in [0.717, 1.165) is 67.7 Å². The van der Waals surface area contributed by atoms with Crippen molar-refractivity contribution in [2.45, 2.75) is 145 Å². The highest BCUT2D eigenvalue weighted by atomic mass is 31.2. The molecular weight excluding hydrogens is 1100 g/mol. The molecule has 83 heavy (non-hydrogen) atoms. The molecule has 0 aliphatic carbocycles. The number of rotatable bonds is 24. The second kappa shape index (κ2) is 27.3. The second-order valence-corrected chi connectivity index (χ2v) is 23.3. The maximum Gasteiger partial charge on any atom is 0.399 e. The van der Waals surface area contributed by atoms with Gasteiger partial charge < -0.3 is 55.9 Å². The summed E-state index contributed by atoms with van der Waals surface area (Å²) >= 11 is 0. The number of halogens is 3. The monoisotopic (exact) mass is 1170 g/mol. The zero-order valence-corrected chi connectivity index (χ0v) is 46.8. The second-order valence-electron chi connectivity index (χ2n) is 21.6. The third-order valence-corrected chi connectivity index (χ3v) is 16.7. The van der Waals surface area contributed by atoms with Gasteiger partial charge in [-0.3, -0.25) is 48.2 Å². The van der Waals surface area contributed by atoms with E-state index in [-0.39, 0.29) is 62.7 Å². The lowest BCUT2D eigenvalue weighted by molar-refractivity contribution is -0.144. The van der Waals surface area contributed by atoms with Crippen LogP contribution in [-0.4, -0.2) is 140 Å². The van der Waals surface area contributed by atoms with E-state index in [2.05, 4.69) is 38.1 Å². The molecule has 9 N–H and O–H groups in total. The number of likely N-dealkylation sites (N-methyl/N-ethyl adjacent to an activating group) is 1. The number of alkyl halides is 2. The molecule has 1 aromatic heterocycles. The molecule has 0 spiro atoms. The molecule has 25 heteroatoms. The fraction of sp³-hybridized carbons (Fsp3) is 0.483. The molecule has 8 rings (SSSR count). The maximum atomic E-state index is 15.8. The van der Waals surface area contributed by atoms with Gasteiger partial charge in [-0.2, -0.15) is 8.78 Å². The van der Waals surface area contributed by atoms with Gasteiger partial charge in [0.25, 0.3) is 11.8 Å². The smallest absolute Gasteiger partial charge is 0.379 e. The predicted octanol–water partition coefficient (Wildman–Crippen LogP) is 4.89. The number of carbonyl (C=O) groups is 8. The Morgan fingerprint density at radius 3 is 2.37 bits per heavy atom. The van der Waals surface area contributed by atoms with Crippen LogP contribution in [0.4, 0.5) is 13.2 Å². The van der Waals surface area contributed by atoms with Crippen LogP contribution in [-0.2, 0) is 50.3 Å². The van der Waals surface area contributed by atoms with Crippen LogP contribution in [0.15, 0.2) is 66.7 Å². The molecule has 3 fully saturated rings. The van der Waals surface area contributed by atoms with E-state index in [9.17, 15) is 61.5 Å². The number of H-pyrrole nitrogens is 1. The minimum Gasteiger partial charge on any atom is -0.379 e. The summed E-state index contributed by atoms with van der Waals surface area (Å²) in [7, 11) is -4.29. The third-order valence-electron chi connectivity index (χ3n) is 15.7. The summed E-state index contributed by atoms with van der Waals surface area (Å²) in [6, 6.07) is 11.1. The SMILES string of the molecule is CN1CC[C@H]2CC[C@@H](C(=O)N[C@@H](CCC(N)=O)C(=O)NC(COCCCCCCCCCC#Cc3cccc4c3CN(C3CCC(=O)NC3=O)C4=O)c3ccccc3)N2C(=O)[C@@H](NC(=O)c2[nH]c3ccc(C(F)(F)P(=O)(O)O)cc3c2F)C1. The molecule has 0 saturated carbocycles. The van der Waals surface area contributed by atoms with Gasteiger partial charge in [-0.1, -0.05) is 86.4 Å². The molecular formula is C58H69F3N9O12P. The van der Waals surface area contributed by atoms with Gasteiger partial charge in [0.05, 0.1) is 12.6 Å². The standard InChI is InChI=1S/C58H69F3N9O12P/c1-68-29-28-38-21-24-47(70(38)57(78)44(33-68)65-55(76)51-50(59)40-31-37(20-22-42(40)63-51)58(60,61)83(79,80)81)54(75)64-43(23-26-48(62)71)52(73)66-45(36-16-11-9-12-17-36)34-82-30-13-8-6-4-2-3-5-7-10-15-35-18-14-19-39-41(35)32-69(56(39)77)46-25-27-49(72)67-53(46)74/h9,11-12,14,16-20,22,31,38,43-47,63H,2-8,13,21,23-30,32-34H2,1H3,(H2,62,71)(H,64,75)(H,65,76)(H,66,73)(H,67,72,74)(H2,79,80,81)/t38-,43+,44+,45?,46?,47+/m1/s1. The molecule has 0 radical (unpaired) electrons. The van der Waals surface area contributed by atoms with E-state index in [4.69, 9.17) is 10.5 Å². The van der Waals surface area contributed by atoms with Gasteiger partial charge in [0.15, 0.2) is 5.82 Å². The first-order valence-electron chi connectivity index (χ1n) is 28.0. The molecule has 2 unspecified atom stereocenters. The predicted molar refractivity (Wildman–Crippen MR) is 296 cm³/mol. The number of aromatic nitrogens is 1. The molecule has 21 nitrogen and oxygen atoms in total. The number of hydrogen-bond donors (Lipinski definition) is 8. The van der Waals surface area contributed by atoms with Crippen LogP contribution in [0.1, 0.15) is 145 Å². The number of unbranched alkanes of at least 4 members (excludes halogenated alkanes) is 7. The number of amides is 8. The Balaban J connectivity index is 0.808. The van der Waals surface area contributed by atoms with Crippen LogP contribution in [0.3, 0.4) is 0 Å². The summed E-state index contributed by atoms with van der Waals surface area (Å²) < 4.78 is 62.5. The van der Waals surface area contributed by atoms with Crippen molar-refractivity contribution in [2.75, 3.05) is 33.4 Å². The molecule has 4 aliphatic heterocycles. The fourth-order valence-electron chi connectivity index (χ4n) is 11.2. The average Bonchev–Trinajstić information content (AvgIpc) is 4.24. The number of primary amides is 1. The summed E-state index contributed by atoms with van der Waals surface area (Å²) in [4.78, 5) is 132. The molecule has 6 atom stereocenters. The van der Waals surface area contributed by atoms with Crippen LogP contribution in [0, 0.1) is 17.7 Å². The quantitative estimate of drug-likeness (QED) is 0.0201. The van der Waals surface area contributed by atoms with Crippen molar-refractivity contribution >= 4 is 65.8 Å². The molecule has 444 valence electrons. The van der Waals surface area contributed by atoms with Gasteiger partial charge in [-0.25, -0.2) is 4.39 Å². The first-order valence-corrected chi connectivity index (χ1v) is 29.6. The number of fused-ring (bicyclic) bond motifs is 3. The number of hydrogen-bond acceptors (Lipinski definition) is 11. The molecule has 8 amide bonds. The van der Waals surface area contributed by atoms with Gasteiger partial charge in [-0.05, 0) is 93.9 Å². The van der Waals surface area contributed by atoms with Gasteiger partial charge in [0, 0.05) is 72.6 Å². The van der Waals surface area contributed by atoms with Crippen molar-refractivity contribution in [2.24, 2.45) is 5.73 Å². The van der Waals surface area contributed by atoms with Crippen LogP contribution >= 0.6 is 7.60 Å². The topological polar surface area (TPSA) is 303 Å². The molecule has 4 aliphatic rings. The molecule has 3 saturated heterocycles. The fourth-order valence-corrected chi connectivity index (χ4v) is 11.6. The minimum absolute atomic E-state index is 0.0722. The number of benzene rings is 3. The van der Waals surface area contributed by atoms with Crippen molar-refractivity contribution in [3.05, 3.63) is 106 Å². The zero-order chi connectivity index (χ0) is 59.6. The van der Waals surface area contributed by atoms with Crippen molar-refractivity contribution in [1.82, 2.24) is 41.0 Å². The number of nitrogens with one attached hydrogen (secondary N) is 5. The number of imide groups is 1. The van der Waals surface area contributed by atoms with E-state index in [1.165, 1.54) is 9.80 Å². The number of nitrogens with two attached hydrogens (primary N) is 1. The van der Waals surface area contributed by atoms with Crippen LogP contribution < -0.4 is 27.0 Å². The average molecular weight is 1170 g/mol. The minimum atomic E-state index is -6.00. The zero-order valence-electron chi connectivity index (χ0n) is 45.9. The molecule has 5 heterocycles. The Hall–Kier alpha value is -7.42. The maximum absolute atomic E-state index is 15.8. The van der Waals surface area contributed by atoms with Gasteiger partial charge in [0.1, 0.15) is 29.9 Å². The van der Waals surface area contributed by atoms with Crippen LogP contribution in [0.5, 0.6) is 0 Å². The summed E-state index contributed by atoms with van der Waals surface area (Å²) in [5.74, 6) is 0.302. The highest BCUT2D eigenvalue weighted by molar-refractivity contribution is 7.52. The van der Waals surface area contributed by atoms with E-state index in [1.54, 1.807) is 24.1 Å². The Bertz CT molecular complexity index is 3220. The van der Waals surface area contributed by atoms with Crippen molar-refractivity contribution < 1.29 is 70.6 Å². The number of ether oxygens (including phenoxy) is 1. The first-order chi connectivity index (χ1) is 39.6. The molecule has 3 aromatic carbocycles. The lowest BCUT2D eigenvalue weighted by atomic mass is 10.0. The number of carbonyl (C=O) groups excluding carboxylic acids is 8. The highest BCUT2D eigenvalue weighted by Gasteiger charge is 2.51. The summed E-state index contributed by atoms with van der Waals surface area (Å²) in [6.07, 6.45) is 8.43. The van der Waals surface area contributed by atoms with Gasteiger partial charge >= 0.3 is 13.3 Å². The lowest BCUT2D eigenvalue weighted by Gasteiger charge is -2.38. The van der Waals surface area contributed by atoms with E-state index >= 15 is 4.39 Å². The summed E-state index contributed by atoms with van der Waals surface area (Å²) in [5, 5.41) is 10.0.